The van der Waals surface area contributed by atoms with E-state index in [9.17, 15) is 0 Å². The number of pyridine rings is 1. The molecular formula is C19H19ClN2O. The van der Waals surface area contributed by atoms with E-state index in [0.29, 0.717) is 0 Å². The monoisotopic (exact) mass is 326 g/mol. The lowest BCUT2D eigenvalue weighted by Gasteiger charge is -2.31. The van der Waals surface area contributed by atoms with Crippen molar-refractivity contribution in [1.82, 2.24) is 4.98 Å². The van der Waals surface area contributed by atoms with E-state index in [1.165, 1.54) is 22.2 Å². The van der Waals surface area contributed by atoms with Crippen LogP contribution in [0.4, 0.5) is 5.69 Å². The molecule has 0 saturated carbocycles. The largest absolute Gasteiger partial charge is 0.497 e. The van der Waals surface area contributed by atoms with Gasteiger partial charge in [-0.05, 0) is 35.7 Å². The number of hydrogen-bond donors (Lipinski definition) is 0. The van der Waals surface area contributed by atoms with Gasteiger partial charge in [0.1, 0.15) is 5.75 Å². The summed E-state index contributed by atoms with van der Waals surface area (Å²) in [6, 6.07) is 16.9. The first kappa shape index (κ1) is 15.6. The molecule has 0 bridgehead atoms. The highest BCUT2D eigenvalue weighted by atomic mass is 35.5. The number of benzene rings is 2. The summed E-state index contributed by atoms with van der Waals surface area (Å²) >= 11 is 0. The Kier molecular flexibility index (Phi) is 4.39. The van der Waals surface area contributed by atoms with Crippen LogP contribution in [0.15, 0.2) is 54.7 Å². The summed E-state index contributed by atoms with van der Waals surface area (Å²) < 4.78 is 5.30. The molecule has 1 aliphatic rings. The fourth-order valence-electron chi connectivity index (χ4n) is 3.22. The molecule has 2 heterocycles. The number of ether oxygens (including phenoxy) is 1. The molecule has 0 saturated heterocycles. The van der Waals surface area contributed by atoms with Crippen LogP contribution in [0, 0.1) is 0 Å². The van der Waals surface area contributed by atoms with Crippen molar-refractivity contribution in [1.29, 1.82) is 0 Å². The topological polar surface area (TPSA) is 25.4 Å². The van der Waals surface area contributed by atoms with Gasteiger partial charge in [0.25, 0.3) is 0 Å². The van der Waals surface area contributed by atoms with E-state index in [0.717, 1.165) is 30.8 Å². The van der Waals surface area contributed by atoms with E-state index in [4.69, 9.17) is 4.74 Å². The molecule has 3 nitrogen and oxygen atoms in total. The highest BCUT2D eigenvalue weighted by Crippen LogP contribution is 2.31. The normalized spacial score (nSPS) is 13.3. The zero-order valence-electron chi connectivity index (χ0n) is 13.0. The third-order valence-electron chi connectivity index (χ3n) is 4.40. The van der Waals surface area contributed by atoms with E-state index in [-0.39, 0.29) is 12.4 Å². The van der Waals surface area contributed by atoms with Gasteiger partial charge >= 0.3 is 0 Å². The molecule has 1 aromatic heterocycles. The standard InChI is InChI=1S/C19H18N2O.ClH/c1-22-16-6-7-17-18(12-16)20-10-8-19(17)21-11-9-14-4-2-3-5-15(14)13-21;/h2-8,10,12H,9,11,13H2,1H3;1H. The molecule has 0 aliphatic carbocycles. The molecule has 4 rings (SSSR count). The number of rotatable bonds is 2. The van der Waals surface area contributed by atoms with Crippen molar-refractivity contribution in [2.75, 3.05) is 18.6 Å². The number of fused-ring (bicyclic) bond motifs is 2. The molecule has 0 atom stereocenters. The predicted molar refractivity (Wildman–Crippen MR) is 96.7 cm³/mol. The van der Waals surface area contributed by atoms with Crippen molar-refractivity contribution in [2.24, 2.45) is 0 Å². The van der Waals surface area contributed by atoms with Crippen molar-refractivity contribution < 1.29 is 4.74 Å². The van der Waals surface area contributed by atoms with Crippen LogP contribution < -0.4 is 9.64 Å². The molecule has 23 heavy (non-hydrogen) atoms. The summed E-state index contributed by atoms with van der Waals surface area (Å²) in [5.74, 6) is 0.848. The van der Waals surface area contributed by atoms with Gasteiger partial charge in [0, 0.05) is 36.4 Å². The lowest BCUT2D eigenvalue weighted by Crippen LogP contribution is -2.30. The lowest BCUT2D eigenvalue weighted by atomic mass is 9.99. The van der Waals surface area contributed by atoms with Crippen LogP contribution in [0.5, 0.6) is 5.75 Å². The summed E-state index contributed by atoms with van der Waals surface area (Å²) in [5.41, 5.74) is 5.13. The molecule has 1 aliphatic heterocycles. The Morgan fingerprint density at radius 1 is 1.04 bits per heavy atom. The van der Waals surface area contributed by atoms with Gasteiger partial charge in [-0.2, -0.15) is 0 Å². The smallest absolute Gasteiger partial charge is 0.121 e. The van der Waals surface area contributed by atoms with Gasteiger partial charge in [0.05, 0.1) is 12.6 Å². The maximum absolute atomic E-state index is 5.30. The van der Waals surface area contributed by atoms with Crippen LogP contribution in [0.2, 0.25) is 0 Å². The van der Waals surface area contributed by atoms with E-state index in [2.05, 4.69) is 46.3 Å². The van der Waals surface area contributed by atoms with E-state index >= 15 is 0 Å². The highest BCUT2D eigenvalue weighted by molar-refractivity contribution is 5.92. The third-order valence-corrected chi connectivity index (χ3v) is 4.40. The average Bonchev–Trinajstić information content (AvgIpc) is 2.60. The molecule has 3 aromatic rings. The zero-order valence-corrected chi connectivity index (χ0v) is 13.8. The van der Waals surface area contributed by atoms with Gasteiger partial charge in [0.15, 0.2) is 0 Å². The second-order valence-electron chi connectivity index (χ2n) is 5.65. The summed E-state index contributed by atoms with van der Waals surface area (Å²) in [5, 5.41) is 1.18. The molecule has 2 aromatic carbocycles. The fourth-order valence-corrected chi connectivity index (χ4v) is 3.22. The van der Waals surface area contributed by atoms with Crippen LogP contribution in [0.3, 0.4) is 0 Å². The van der Waals surface area contributed by atoms with E-state index in [1.54, 1.807) is 7.11 Å². The van der Waals surface area contributed by atoms with Crippen LogP contribution in [-0.2, 0) is 13.0 Å². The maximum Gasteiger partial charge on any atom is 0.121 e. The first-order chi connectivity index (χ1) is 10.8. The Bertz CT molecular complexity index is 834. The van der Waals surface area contributed by atoms with E-state index < -0.39 is 0 Å². The fraction of sp³-hybridized carbons (Fsp3) is 0.211. The summed E-state index contributed by atoms with van der Waals surface area (Å²) in [4.78, 5) is 6.93. The Morgan fingerprint density at radius 3 is 2.70 bits per heavy atom. The molecular weight excluding hydrogens is 308 g/mol. The third kappa shape index (κ3) is 2.84. The second kappa shape index (κ2) is 6.47. The highest BCUT2D eigenvalue weighted by Gasteiger charge is 2.18. The molecule has 0 N–H and O–H groups in total. The average molecular weight is 327 g/mol. The Morgan fingerprint density at radius 2 is 1.87 bits per heavy atom. The molecule has 0 fully saturated rings. The molecule has 0 radical (unpaired) electrons. The van der Waals surface area contributed by atoms with Gasteiger partial charge in [0.2, 0.25) is 0 Å². The molecule has 118 valence electrons. The number of aromatic nitrogens is 1. The Balaban J connectivity index is 0.00000156. The SMILES string of the molecule is COc1ccc2c(N3CCc4ccccc4C3)ccnc2c1.Cl. The lowest BCUT2D eigenvalue weighted by molar-refractivity contribution is 0.415. The number of halogens is 1. The maximum atomic E-state index is 5.30. The van der Waals surface area contributed by atoms with Gasteiger partial charge < -0.3 is 9.64 Å². The number of anilines is 1. The van der Waals surface area contributed by atoms with Crippen molar-refractivity contribution >= 4 is 29.0 Å². The van der Waals surface area contributed by atoms with Gasteiger partial charge in [-0.25, -0.2) is 0 Å². The minimum Gasteiger partial charge on any atom is -0.497 e. The van der Waals surface area contributed by atoms with Crippen LogP contribution in [0.25, 0.3) is 10.9 Å². The molecule has 0 unspecified atom stereocenters. The van der Waals surface area contributed by atoms with Crippen LogP contribution in [-0.4, -0.2) is 18.6 Å². The van der Waals surface area contributed by atoms with Crippen LogP contribution >= 0.6 is 12.4 Å². The summed E-state index contributed by atoms with van der Waals surface area (Å²) in [6.45, 7) is 2.00. The summed E-state index contributed by atoms with van der Waals surface area (Å²) in [6.07, 6.45) is 2.98. The number of methoxy groups -OCH3 is 1. The molecule has 0 spiro atoms. The first-order valence-corrected chi connectivity index (χ1v) is 7.59. The quantitative estimate of drug-likeness (QED) is 0.704. The van der Waals surface area contributed by atoms with E-state index in [1.807, 2.05) is 18.3 Å². The zero-order chi connectivity index (χ0) is 14.9. The van der Waals surface area contributed by atoms with Crippen molar-refractivity contribution in [3.63, 3.8) is 0 Å². The second-order valence-corrected chi connectivity index (χ2v) is 5.65. The van der Waals surface area contributed by atoms with Crippen molar-refractivity contribution in [3.05, 3.63) is 65.9 Å². The molecule has 0 amide bonds. The number of nitrogens with zero attached hydrogens (tertiary/aromatic N) is 2. The van der Waals surface area contributed by atoms with Gasteiger partial charge in [-0.1, -0.05) is 24.3 Å². The first-order valence-electron chi connectivity index (χ1n) is 7.59. The van der Waals surface area contributed by atoms with Crippen molar-refractivity contribution in [2.45, 2.75) is 13.0 Å². The minimum atomic E-state index is 0. The predicted octanol–water partition coefficient (Wildman–Crippen LogP) is 4.23. The van der Waals surface area contributed by atoms with Crippen LogP contribution in [0.1, 0.15) is 11.1 Å². The Labute approximate surface area is 142 Å². The van der Waals surface area contributed by atoms with Gasteiger partial charge in [-0.15, -0.1) is 12.4 Å². The number of hydrogen-bond acceptors (Lipinski definition) is 3. The van der Waals surface area contributed by atoms with Crippen molar-refractivity contribution in [3.8, 4) is 5.75 Å². The molecule has 4 heteroatoms. The van der Waals surface area contributed by atoms with Gasteiger partial charge in [-0.3, -0.25) is 4.98 Å². The Hall–Kier alpha value is -2.26. The summed E-state index contributed by atoms with van der Waals surface area (Å²) in [7, 11) is 1.69. The minimum absolute atomic E-state index is 0.